The van der Waals surface area contributed by atoms with Gasteiger partial charge in [-0.2, -0.15) is 0 Å². The van der Waals surface area contributed by atoms with Crippen LogP contribution >= 0.6 is 0 Å². The zero-order chi connectivity index (χ0) is 11.7. The van der Waals surface area contributed by atoms with Gasteiger partial charge in [-0.25, -0.2) is 4.98 Å². The van der Waals surface area contributed by atoms with Crippen LogP contribution in [0.25, 0.3) is 11.0 Å². The number of nitrogens with one attached hydrogen (secondary N) is 2. The Morgan fingerprint density at radius 2 is 2.31 bits per heavy atom. The number of aryl methyl sites for hydroxylation is 1. The molecule has 0 fully saturated rings. The second-order valence-electron chi connectivity index (χ2n) is 3.83. The number of anilines is 1. The van der Waals surface area contributed by atoms with Crippen molar-refractivity contribution < 1.29 is 4.79 Å². The second kappa shape index (κ2) is 3.94. The van der Waals surface area contributed by atoms with Gasteiger partial charge in [0, 0.05) is 5.69 Å². The Labute approximate surface area is 93.1 Å². The smallest absolute Gasteiger partial charge is 0.240 e. The van der Waals surface area contributed by atoms with Crippen LogP contribution in [-0.2, 0) is 4.79 Å². The number of aromatic nitrogens is 2. The highest BCUT2D eigenvalue weighted by Gasteiger charge is 2.08. The van der Waals surface area contributed by atoms with Gasteiger partial charge in [-0.3, -0.25) is 4.79 Å². The number of amides is 1. The fourth-order valence-electron chi connectivity index (χ4n) is 1.47. The minimum atomic E-state index is -0.515. The summed E-state index contributed by atoms with van der Waals surface area (Å²) in [5.41, 5.74) is 7.98. The fraction of sp³-hybridized carbons (Fsp3) is 0.273. The Morgan fingerprint density at radius 3 is 3.00 bits per heavy atom. The van der Waals surface area contributed by atoms with Crippen molar-refractivity contribution in [1.29, 1.82) is 0 Å². The molecule has 5 nitrogen and oxygen atoms in total. The van der Waals surface area contributed by atoms with Gasteiger partial charge in [0.1, 0.15) is 5.82 Å². The third-order valence-electron chi connectivity index (χ3n) is 2.28. The van der Waals surface area contributed by atoms with E-state index in [2.05, 4.69) is 15.3 Å². The highest BCUT2D eigenvalue weighted by Crippen LogP contribution is 2.16. The van der Waals surface area contributed by atoms with Crippen molar-refractivity contribution in [2.45, 2.75) is 19.9 Å². The number of nitrogens with zero attached hydrogens (tertiary/aromatic N) is 1. The number of carbonyl (C=O) groups excluding carboxylic acids is 1. The molecular weight excluding hydrogens is 204 g/mol. The van der Waals surface area contributed by atoms with Gasteiger partial charge in [0.05, 0.1) is 17.1 Å². The summed E-state index contributed by atoms with van der Waals surface area (Å²) in [6.07, 6.45) is 0. The van der Waals surface area contributed by atoms with Crippen molar-refractivity contribution in [3.8, 4) is 0 Å². The van der Waals surface area contributed by atoms with Gasteiger partial charge < -0.3 is 16.0 Å². The van der Waals surface area contributed by atoms with E-state index in [9.17, 15) is 4.79 Å². The molecule has 0 saturated carbocycles. The molecule has 0 radical (unpaired) electrons. The van der Waals surface area contributed by atoms with Crippen LogP contribution in [0.15, 0.2) is 18.2 Å². The molecule has 0 aliphatic heterocycles. The number of rotatable bonds is 2. The summed E-state index contributed by atoms with van der Waals surface area (Å²) in [7, 11) is 0. The molecule has 2 aromatic rings. The van der Waals surface area contributed by atoms with Crippen LogP contribution in [0.4, 0.5) is 5.69 Å². The van der Waals surface area contributed by atoms with Crippen molar-refractivity contribution in [3.05, 3.63) is 24.0 Å². The van der Waals surface area contributed by atoms with Crippen LogP contribution in [0.1, 0.15) is 12.7 Å². The first-order valence-corrected chi connectivity index (χ1v) is 5.09. The van der Waals surface area contributed by atoms with Crippen molar-refractivity contribution in [1.82, 2.24) is 9.97 Å². The third-order valence-corrected chi connectivity index (χ3v) is 2.28. The monoisotopic (exact) mass is 218 g/mol. The second-order valence-corrected chi connectivity index (χ2v) is 3.83. The summed E-state index contributed by atoms with van der Waals surface area (Å²) < 4.78 is 0. The fourth-order valence-corrected chi connectivity index (χ4v) is 1.47. The Bertz CT molecular complexity index is 530. The van der Waals surface area contributed by atoms with E-state index >= 15 is 0 Å². The maximum atomic E-state index is 11.4. The normalized spacial score (nSPS) is 12.7. The zero-order valence-electron chi connectivity index (χ0n) is 9.24. The molecule has 1 atom stereocenters. The summed E-state index contributed by atoms with van der Waals surface area (Å²) >= 11 is 0. The molecule has 0 bridgehead atoms. The average Bonchev–Trinajstić information content (AvgIpc) is 2.57. The minimum Gasteiger partial charge on any atom is -0.342 e. The molecule has 1 aromatic carbocycles. The van der Waals surface area contributed by atoms with Gasteiger partial charge in [-0.15, -0.1) is 0 Å². The number of imidazole rings is 1. The van der Waals surface area contributed by atoms with Crippen LogP contribution in [0.5, 0.6) is 0 Å². The van der Waals surface area contributed by atoms with Crippen molar-refractivity contribution in [2.75, 3.05) is 5.32 Å². The highest BCUT2D eigenvalue weighted by molar-refractivity contribution is 5.96. The number of hydrogen-bond donors (Lipinski definition) is 3. The Balaban J connectivity index is 2.29. The van der Waals surface area contributed by atoms with Gasteiger partial charge in [-0.1, -0.05) is 0 Å². The lowest BCUT2D eigenvalue weighted by Gasteiger charge is -2.07. The standard InChI is InChI=1S/C11H14N4O/c1-6(12)11(16)15-8-3-4-9-10(5-8)14-7(2)13-9/h3-6H,12H2,1-2H3,(H,13,14)(H,15,16). The van der Waals surface area contributed by atoms with Gasteiger partial charge in [-0.05, 0) is 32.0 Å². The molecule has 0 aliphatic carbocycles. The lowest BCUT2D eigenvalue weighted by molar-refractivity contribution is -0.117. The molecule has 84 valence electrons. The molecule has 1 heterocycles. The van der Waals surface area contributed by atoms with Crippen LogP contribution < -0.4 is 11.1 Å². The number of nitrogens with two attached hydrogens (primary N) is 1. The Kier molecular flexibility index (Phi) is 2.62. The molecule has 0 saturated heterocycles. The summed E-state index contributed by atoms with van der Waals surface area (Å²) in [4.78, 5) is 18.8. The summed E-state index contributed by atoms with van der Waals surface area (Å²) in [5.74, 6) is 0.654. The molecule has 1 amide bonds. The van der Waals surface area contributed by atoms with Gasteiger partial charge >= 0.3 is 0 Å². The van der Waals surface area contributed by atoms with Gasteiger partial charge in [0.15, 0.2) is 0 Å². The van der Waals surface area contributed by atoms with Gasteiger partial charge in [0.25, 0.3) is 0 Å². The molecule has 16 heavy (non-hydrogen) atoms. The molecule has 1 aromatic heterocycles. The Hall–Kier alpha value is -1.88. The zero-order valence-corrected chi connectivity index (χ0v) is 9.24. The minimum absolute atomic E-state index is 0.199. The van der Waals surface area contributed by atoms with E-state index in [0.717, 1.165) is 22.5 Å². The van der Waals surface area contributed by atoms with Crippen molar-refractivity contribution >= 4 is 22.6 Å². The average molecular weight is 218 g/mol. The maximum absolute atomic E-state index is 11.4. The van der Waals surface area contributed by atoms with Crippen molar-refractivity contribution in [3.63, 3.8) is 0 Å². The summed E-state index contributed by atoms with van der Waals surface area (Å²) in [6, 6.07) is 4.99. The van der Waals surface area contributed by atoms with Crippen LogP contribution in [0, 0.1) is 6.92 Å². The van der Waals surface area contributed by atoms with E-state index in [0.29, 0.717) is 0 Å². The molecule has 0 aliphatic rings. The van der Waals surface area contributed by atoms with Crippen LogP contribution in [0.3, 0.4) is 0 Å². The summed E-state index contributed by atoms with van der Waals surface area (Å²) in [5, 5.41) is 2.73. The number of H-pyrrole nitrogens is 1. The molecule has 2 rings (SSSR count). The Morgan fingerprint density at radius 1 is 1.56 bits per heavy atom. The van der Waals surface area contributed by atoms with E-state index in [1.807, 2.05) is 25.1 Å². The van der Waals surface area contributed by atoms with Gasteiger partial charge in [0.2, 0.25) is 5.91 Å². The molecule has 0 spiro atoms. The number of fused-ring (bicyclic) bond motifs is 1. The number of benzene rings is 1. The third kappa shape index (κ3) is 2.04. The SMILES string of the molecule is Cc1nc2ccc(NC(=O)C(C)N)cc2[nH]1. The topological polar surface area (TPSA) is 83.8 Å². The van der Waals surface area contributed by atoms with Crippen LogP contribution in [-0.4, -0.2) is 21.9 Å². The number of aromatic amines is 1. The lowest BCUT2D eigenvalue weighted by atomic mass is 10.2. The molecule has 4 N–H and O–H groups in total. The first-order chi connectivity index (χ1) is 7.56. The van der Waals surface area contributed by atoms with E-state index in [-0.39, 0.29) is 5.91 Å². The van der Waals surface area contributed by atoms with E-state index < -0.39 is 6.04 Å². The largest absolute Gasteiger partial charge is 0.342 e. The predicted octanol–water partition coefficient (Wildman–Crippen LogP) is 1.16. The van der Waals surface area contributed by atoms with E-state index in [1.54, 1.807) is 6.92 Å². The van der Waals surface area contributed by atoms with Crippen molar-refractivity contribution in [2.24, 2.45) is 5.73 Å². The summed E-state index contributed by atoms with van der Waals surface area (Å²) in [6.45, 7) is 3.54. The van der Waals surface area contributed by atoms with Crippen LogP contribution in [0.2, 0.25) is 0 Å². The predicted molar refractivity (Wildman–Crippen MR) is 63.1 cm³/mol. The molecular formula is C11H14N4O. The quantitative estimate of drug-likeness (QED) is 0.707. The number of hydrogen-bond acceptors (Lipinski definition) is 3. The number of carbonyl (C=O) groups is 1. The first kappa shape index (κ1) is 10.6. The highest BCUT2D eigenvalue weighted by atomic mass is 16.2. The molecule has 1 unspecified atom stereocenters. The lowest BCUT2D eigenvalue weighted by Crippen LogP contribution is -2.32. The van der Waals surface area contributed by atoms with E-state index in [4.69, 9.17) is 5.73 Å². The first-order valence-electron chi connectivity index (χ1n) is 5.09. The maximum Gasteiger partial charge on any atom is 0.240 e. The molecule has 5 heteroatoms. The van der Waals surface area contributed by atoms with E-state index in [1.165, 1.54) is 0 Å².